The van der Waals surface area contributed by atoms with Crippen LogP contribution in [0.5, 0.6) is 0 Å². The predicted octanol–water partition coefficient (Wildman–Crippen LogP) is 4.15. The Kier molecular flexibility index (Phi) is 6.40. The van der Waals surface area contributed by atoms with Gasteiger partial charge in [0, 0.05) is 24.0 Å². The summed E-state index contributed by atoms with van der Waals surface area (Å²) >= 11 is 17.8. The number of hydrogen-bond donors (Lipinski definition) is 0. The summed E-state index contributed by atoms with van der Waals surface area (Å²) in [5.74, 6) is 0.113. The minimum absolute atomic E-state index is 0.0209. The van der Waals surface area contributed by atoms with Gasteiger partial charge >= 0.3 is 0 Å². The highest BCUT2D eigenvalue weighted by Crippen LogP contribution is 2.32. The molecule has 108 valence electrons. The third-order valence-corrected chi connectivity index (χ3v) is 5.73. The van der Waals surface area contributed by atoms with Gasteiger partial charge in [0.15, 0.2) is 0 Å². The number of benzene rings is 1. The van der Waals surface area contributed by atoms with Crippen molar-refractivity contribution in [2.24, 2.45) is 0 Å². The maximum Gasteiger partial charge on any atom is 0.244 e. The summed E-state index contributed by atoms with van der Waals surface area (Å²) in [6.45, 7) is 4.53. The van der Waals surface area contributed by atoms with Gasteiger partial charge in [-0.15, -0.1) is 11.6 Å². The van der Waals surface area contributed by atoms with E-state index < -0.39 is 10.0 Å². The summed E-state index contributed by atoms with van der Waals surface area (Å²) < 4.78 is 26.4. The Morgan fingerprint density at radius 2 is 1.84 bits per heavy atom. The molecule has 0 radical (unpaired) electrons. The van der Waals surface area contributed by atoms with Crippen LogP contribution in [0, 0.1) is 0 Å². The Labute approximate surface area is 129 Å². The zero-order valence-corrected chi connectivity index (χ0v) is 13.9. The summed E-state index contributed by atoms with van der Waals surface area (Å²) in [5, 5.41) is 0.458. The van der Waals surface area contributed by atoms with E-state index in [1.165, 1.54) is 10.4 Å². The van der Waals surface area contributed by atoms with Crippen molar-refractivity contribution in [3.63, 3.8) is 0 Å². The maximum atomic E-state index is 12.5. The summed E-state index contributed by atoms with van der Waals surface area (Å²) in [7, 11) is -3.64. The van der Waals surface area contributed by atoms with Gasteiger partial charge in [-0.1, -0.05) is 37.0 Å². The average molecular weight is 345 g/mol. The van der Waals surface area contributed by atoms with Gasteiger partial charge in [0.05, 0.1) is 5.02 Å². The number of hydrogen-bond acceptors (Lipinski definition) is 2. The Bertz CT molecular complexity index is 546. The number of nitrogens with zero attached hydrogens (tertiary/aromatic N) is 1. The molecule has 0 spiro atoms. The van der Waals surface area contributed by atoms with Crippen molar-refractivity contribution in [2.45, 2.75) is 31.0 Å². The summed E-state index contributed by atoms with van der Waals surface area (Å²) in [5.41, 5.74) is 0.516. The van der Waals surface area contributed by atoms with Crippen LogP contribution < -0.4 is 0 Å². The standard InChI is InChI=1S/C12H16Cl3NO2S/c1-3-5-16(4-2)19(17,18)11-7-10(14)6-9(8-13)12(11)15/h6-7H,3-5,8H2,1-2H3. The normalized spacial score (nSPS) is 12.1. The molecule has 0 aliphatic rings. The first-order chi connectivity index (χ1) is 8.88. The lowest BCUT2D eigenvalue weighted by molar-refractivity contribution is 0.427. The molecule has 0 atom stereocenters. The van der Waals surface area contributed by atoms with Crippen LogP contribution in [0.3, 0.4) is 0 Å². The van der Waals surface area contributed by atoms with Crippen molar-refractivity contribution in [3.05, 3.63) is 27.7 Å². The van der Waals surface area contributed by atoms with Crippen LogP contribution in [0.4, 0.5) is 0 Å². The summed E-state index contributed by atoms with van der Waals surface area (Å²) in [4.78, 5) is 0.0209. The van der Waals surface area contributed by atoms with Crippen molar-refractivity contribution in [1.29, 1.82) is 0 Å². The van der Waals surface area contributed by atoms with Crippen molar-refractivity contribution in [2.75, 3.05) is 13.1 Å². The fraction of sp³-hybridized carbons (Fsp3) is 0.500. The van der Waals surface area contributed by atoms with E-state index in [1.807, 2.05) is 6.92 Å². The lowest BCUT2D eigenvalue weighted by atomic mass is 10.2. The third-order valence-electron chi connectivity index (χ3n) is 2.67. The Morgan fingerprint density at radius 1 is 1.21 bits per heavy atom. The molecule has 3 nitrogen and oxygen atoms in total. The van der Waals surface area contributed by atoms with Gasteiger partial charge in [-0.05, 0) is 24.1 Å². The summed E-state index contributed by atoms with van der Waals surface area (Å²) in [6.07, 6.45) is 0.730. The Hall–Kier alpha value is -0.000000000000000111. The van der Waals surface area contributed by atoms with E-state index >= 15 is 0 Å². The molecule has 1 aromatic carbocycles. The van der Waals surface area contributed by atoms with E-state index in [0.717, 1.165) is 6.42 Å². The Morgan fingerprint density at radius 3 is 2.32 bits per heavy atom. The van der Waals surface area contributed by atoms with Crippen molar-refractivity contribution in [1.82, 2.24) is 4.31 Å². The van der Waals surface area contributed by atoms with Gasteiger partial charge in [-0.3, -0.25) is 0 Å². The van der Waals surface area contributed by atoms with Crippen LogP contribution in [0.2, 0.25) is 10.0 Å². The number of sulfonamides is 1. The molecule has 0 saturated carbocycles. The molecular formula is C12H16Cl3NO2S. The van der Waals surface area contributed by atoms with Crippen molar-refractivity contribution in [3.8, 4) is 0 Å². The highest BCUT2D eigenvalue weighted by Gasteiger charge is 2.26. The Balaban J connectivity index is 3.39. The molecule has 0 amide bonds. The first-order valence-corrected chi connectivity index (χ1v) is 8.65. The van der Waals surface area contributed by atoms with E-state index in [-0.39, 0.29) is 15.8 Å². The molecule has 0 aliphatic heterocycles. The average Bonchev–Trinajstić information content (AvgIpc) is 2.37. The third kappa shape index (κ3) is 3.76. The monoisotopic (exact) mass is 343 g/mol. The first-order valence-electron chi connectivity index (χ1n) is 5.92. The number of halogens is 3. The van der Waals surface area contributed by atoms with Crippen LogP contribution in [0.1, 0.15) is 25.8 Å². The lowest BCUT2D eigenvalue weighted by Gasteiger charge is -2.21. The first kappa shape index (κ1) is 17.1. The molecule has 7 heteroatoms. The van der Waals surface area contributed by atoms with Crippen LogP contribution in [0.25, 0.3) is 0 Å². The minimum atomic E-state index is -3.64. The molecule has 0 heterocycles. The summed E-state index contributed by atoms with van der Waals surface area (Å²) in [6, 6.07) is 2.94. The zero-order valence-electron chi connectivity index (χ0n) is 10.8. The van der Waals surface area contributed by atoms with Gasteiger partial charge < -0.3 is 0 Å². The molecule has 0 saturated heterocycles. The molecule has 1 aromatic rings. The van der Waals surface area contributed by atoms with Gasteiger partial charge in [0.25, 0.3) is 0 Å². The molecule has 1 rings (SSSR count). The SMILES string of the molecule is CCCN(CC)S(=O)(=O)c1cc(Cl)cc(CCl)c1Cl. The van der Waals surface area contributed by atoms with Gasteiger partial charge in [0.2, 0.25) is 10.0 Å². The second kappa shape index (κ2) is 7.14. The van der Waals surface area contributed by atoms with Crippen LogP contribution in [0.15, 0.2) is 17.0 Å². The second-order valence-electron chi connectivity index (χ2n) is 4.01. The van der Waals surface area contributed by atoms with Gasteiger partial charge in [0.1, 0.15) is 4.90 Å². The number of alkyl halides is 1. The predicted molar refractivity (Wildman–Crippen MR) is 80.7 cm³/mol. The van der Waals surface area contributed by atoms with E-state index in [1.54, 1.807) is 13.0 Å². The molecule has 0 fully saturated rings. The maximum absolute atomic E-state index is 12.5. The fourth-order valence-corrected chi connectivity index (χ4v) is 4.47. The van der Waals surface area contributed by atoms with Gasteiger partial charge in [-0.2, -0.15) is 4.31 Å². The minimum Gasteiger partial charge on any atom is -0.207 e. The van der Waals surface area contributed by atoms with Crippen molar-refractivity contribution < 1.29 is 8.42 Å². The molecule has 0 aromatic heterocycles. The molecular weight excluding hydrogens is 329 g/mol. The van der Waals surface area contributed by atoms with E-state index in [4.69, 9.17) is 34.8 Å². The smallest absolute Gasteiger partial charge is 0.207 e. The van der Waals surface area contributed by atoms with Crippen molar-refractivity contribution >= 4 is 44.8 Å². The number of rotatable bonds is 6. The van der Waals surface area contributed by atoms with E-state index in [2.05, 4.69) is 0 Å². The molecule has 0 bridgehead atoms. The molecule has 0 N–H and O–H groups in total. The van der Waals surface area contributed by atoms with Gasteiger partial charge in [-0.25, -0.2) is 8.42 Å². The lowest BCUT2D eigenvalue weighted by Crippen LogP contribution is -2.31. The zero-order chi connectivity index (χ0) is 14.6. The van der Waals surface area contributed by atoms with E-state index in [9.17, 15) is 8.42 Å². The largest absolute Gasteiger partial charge is 0.244 e. The topological polar surface area (TPSA) is 37.4 Å². The molecule has 0 aliphatic carbocycles. The fourth-order valence-electron chi connectivity index (χ4n) is 1.74. The highest BCUT2D eigenvalue weighted by molar-refractivity contribution is 7.89. The van der Waals surface area contributed by atoms with E-state index in [0.29, 0.717) is 23.7 Å². The highest BCUT2D eigenvalue weighted by atomic mass is 35.5. The quantitative estimate of drug-likeness (QED) is 0.727. The molecule has 19 heavy (non-hydrogen) atoms. The van der Waals surface area contributed by atoms with Crippen LogP contribution in [-0.4, -0.2) is 25.8 Å². The molecule has 0 unspecified atom stereocenters. The second-order valence-corrected chi connectivity index (χ2v) is 7.00. The van der Waals surface area contributed by atoms with Crippen LogP contribution in [-0.2, 0) is 15.9 Å². The van der Waals surface area contributed by atoms with Crippen LogP contribution >= 0.6 is 34.8 Å².